The van der Waals surface area contributed by atoms with Crippen molar-refractivity contribution in [3.05, 3.63) is 65.0 Å². The molecule has 4 heteroatoms. The van der Waals surface area contributed by atoms with Crippen LogP contribution in [0.15, 0.2) is 42.5 Å². The van der Waals surface area contributed by atoms with Crippen molar-refractivity contribution in [1.82, 2.24) is 0 Å². The van der Waals surface area contributed by atoms with E-state index in [1.807, 2.05) is 31.2 Å². The quantitative estimate of drug-likeness (QED) is 0.869. The van der Waals surface area contributed by atoms with E-state index in [0.29, 0.717) is 12.2 Å². The van der Waals surface area contributed by atoms with Gasteiger partial charge in [0.05, 0.1) is 0 Å². The van der Waals surface area contributed by atoms with E-state index in [2.05, 4.69) is 0 Å². The van der Waals surface area contributed by atoms with Crippen molar-refractivity contribution in [2.24, 2.45) is 5.73 Å². The predicted molar refractivity (Wildman–Crippen MR) is 77.8 cm³/mol. The van der Waals surface area contributed by atoms with Gasteiger partial charge in [-0.15, -0.1) is 0 Å². The Morgan fingerprint density at radius 2 is 1.89 bits per heavy atom. The third-order valence-corrected chi connectivity index (χ3v) is 2.97. The fourth-order valence-corrected chi connectivity index (χ4v) is 1.89. The Morgan fingerprint density at radius 1 is 1.21 bits per heavy atom. The molecule has 0 unspecified atom stereocenters. The van der Waals surface area contributed by atoms with Crippen LogP contribution in [0.5, 0.6) is 5.75 Å². The summed E-state index contributed by atoms with van der Waals surface area (Å²) in [5, 5.41) is 0. The summed E-state index contributed by atoms with van der Waals surface area (Å²) in [7, 11) is 0. The average Bonchev–Trinajstić information content (AvgIpc) is 2.39. The molecule has 2 N–H and O–H groups in total. The van der Waals surface area contributed by atoms with E-state index in [-0.39, 0.29) is 10.8 Å². The SMILES string of the molecule is Cc1ccc(OCc2ccc(F)cc2C(N)=S)cc1. The number of nitrogens with two attached hydrogens (primary N) is 1. The normalized spacial score (nSPS) is 10.2. The molecule has 0 amide bonds. The molecule has 0 radical (unpaired) electrons. The Morgan fingerprint density at radius 3 is 2.53 bits per heavy atom. The van der Waals surface area contributed by atoms with Crippen LogP contribution in [0.1, 0.15) is 16.7 Å². The molecule has 2 rings (SSSR count). The van der Waals surface area contributed by atoms with Gasteiger partial charge in [-0.25, -0.2) is 4.39 Å². The van der Waals surface area contributed by atoms with Gasteiger partial charge >= 0.3 is 0 Å². The molecular formula is C15H14FNOS. The first-order valence-electron chi connectivity index (χ1n) is 5.84. The van der Waals surface area contributed by atoms with Crippen LogP contribution in [0, 0.1) is 12.7 Å². The molecule has 0 heterocycles. The van der Waals surface area contributed by atoms with Crippen LogP contribution in [0.2, 0.25) is 0 Å². The number of rotatable bonds is 4. The molecule has 0 aliphatic rings. The Balaban J connectivity index is 2.15. The lowest BCUT2D eigenvalue weighted by Crippen LogP contribution is -2.14. The monoisotopic (exact) mass is 275 g/mol. The standard InChI is InChI=1S/C15H14FNOS/c1-10-2-6-13(7-3-10)18-9-11-4-5-12(16)8-14(11)15(17)19/h2-8H,9H2,1H3,(H2,17,19). The van der Waals surface area contributed by atoms with Gasteiger partial charge in [0.1, 0.15) is 23.2 Å². The lowest BCUT2D eigenvalue weighted by Gasteiger charge is -2.10. The molecule has 2 nitrogen and oxygen atoms in total. The topological polar surface area (TPSA) is 35.2 Å². The summed E-state index contributed by atoms with van der Waals surface area (Å²) in [5.41, 5.74) is 8.03. The minimum Gasteiger partial charge on any atom is -0.489 e. The molecule has 0 saturated carbocycles. The highest BCUT2D eigenvalue weighted by atomic mass is 32.1. The Labute approximate surface area is 117 Å². The van der Waals surface area contributed by atoms with E-state index < -0.39 is 0 Å². The van der Waals surface area contributed by atoms with Crippen molar-refractivity contribution < 1.29 is 9.13 Å². The van der Waals surface area contributed by atoms with Crippen molar-refractivity contribution in [2.75, 3.05) is 0 Å². The van der Waals surface area contributed by atoms with Crippen molar-refractivity contribution in [3.8, 4) is 5.75 Å². The van der Waals surface area contributed by atoms with Gasteiger partial charge < -0.3 is 10.5 Å². The van der Waals surface area contributed by atoms with Gasteiger partial charge in [0.25, 0.3) is 0 Å². The lowest BCUT2D eigenvalue weighted by atomic mass is 10.1. The minimum atomic E-state index is -0.359. The molecule has 2 aromatic carbocycles. The van der Waals surface area contributed by atoms with E-state index >= 15 is 0 Å². The molecule has 2 aromatic rings. The van der Waals surface area contributed by atoms with E-state index in [0.717, 1.165) is 16.9 Å². The fraction of sp³-hybridized carbons (Fsp3) is 0.133. The molecule has 0 fully saturated rings. The number of thiocarbonyl (C=S) groups is 1. The van der Waals surface area contributed by atoms with E-state index in [9.17, 15) is 4.39 Å². The van der Waals surface area contributed by atoms with Gasteiger partial charge in [0, 0.05) is 5.56 Å². The smallest absolute Gasteiger partial charge is 0.123 e. The maximum absolute atomic E-state index is 13.2. The number of benzene rings is 2. The first-order chi connectivity index (χ1) is 9.06. The third kappa shape index (κ3) is 3.51. The second-order valence-corrected chi connectivity index (χ2v) is 4.71. The molecule has 0 atom stereocenters. The molecule has 98 valence electrons. The highest BCUT2D eigenvalue weighted by Crippen LogP contribution is 2.17. The van der Waals surface area contributed by atoms with Crippen molar-refractivity contribution in [2.45, 2.75) is 13.5 Å². The summed E-state index contributed by atoms with van der Waals surface area (Å²) in [6.45, 7) is 2.31. The Kier molecular flexibility index (Phi) is 4.12. The summed E-state index contributed by atoms with van der Waals surface area (Å²) >= 11 is 4.91. The van der Waals surface area contributed by atoms with Gasteiger partial charge in [-0.2, -0.15) is 0 Å². The molecule has 0 aromatic heterocycles. The van der Waals surface area contributed by atoms with Crippen LogP contribution in [0.4, 0.5) is 4.39 Å². The maximum atomic E-state index is 13.2. The predicted octanol–water partition coefficient (Wildman–Crippen LogP) is 3.35. The largest absolute Gasteiger partial charge is 0.489 e. The summed E-state index contributed by atoms with van der Waals surface area (Å²) < 4.78 is 18.8. The number of ether oxygens (including phenoxy) is 1. The van der Waals surface area contributed by atoms with Crippen molar-refractivity contribution in [1.29, 1.82) is 0 Å². The number of halogens is 1. The molecule has 0 aliphatic carbocycles. The zero-order valence-corrected chi connectivity index (χ0v) is 11.3. The average molecular weight is 275 g/mol. The van der Waals surface area contributed by atoms with Gasteiger partial charge in [-0.1, -0.05) is 36.0 Å². The second kappa shape index (κ2) is 5.80. The van der Waals surface area contributed by atoms with Gasteiger partial charge in [0.15, 0.2) is 0 Å². The molecular weight excluding hydrogens is 261 g/mol. The third-order valence-electron chi connectivity index (χ3n) is 2.75. The van der Waals surface area contributed by atoms with E-state index in [4.69, 9.17) is 22.7 Å². The summed E-state index contributed by atoms with van der Waals surface area (Å²) in [6, 6.07) is 12.0. The molecule has 0 spiro atoms. The second-order valence-electron chi connectivity index (χ2n) is 4.27. The lowest BCUT2D eigenvalue weighted by molar-refractivity contribution is 0.306. The summed E-state index contributed by atoms with van der Waals surface area (Å²) in [4.78, 5) is 0.169. The van der Waals surface area contributed by atoms with Crippen molar-refractivity contribution in [3.63, 3.8) is 0 Å². The van der Waals surface area contributed by atoms with Gasteiger partial charge in [-0.05, 0) is 36.8 Å². The number of hydrogen-bond donors (Lipinski definition) is 1. The van der Waals surface area contributed by atoms with Crippen LogP contribution in [0.3, 0.4) is 0 Å². The Bertz CT molecular complexity index is 596. The van der Waals surface area contributed by atoms with Crippen molar-refractivity contribution >= 4 is 17.2 Å². The minimum absolute atomic E-state index is 0.169. The van der Waals surface area contributed by atoms with Crippen LogP contribution in [-0.2, 0) is 6.61 Å². The molecule has 19 heavy (non-hydrogen) atoms. The molecule has 0 bridgehead atoms. The highest BCUT2D eigenvalue weighted by Gasteiger charge is 2.07. The van der Waals surface area contributed by atoms with Crippen LogP contribution in [0.25, 0.3) is 0 Å². The van der Waals surface area contributed by atoms with Crippen LogP contribution >= 0.6 is 12.2 Å². The van der Waals surface area contributed by atoms with E-state index in [1.165, 1.54) is 12.1 Å². The highest BCUT2D eigenvalue weighted by molar-refractivity contribution is 7.80. The number of aryl methyl sites for hydroxylation is 1. The molecule has 0 saturated heterocycles. The van der Waals surface area contributed by atoms with Crippen LogP contribution < -0.4 is 10.5 Å². The maximum Gasteiger partial charge on any atom is 0.123 e. The van der Waals surface area contributed by atoms with Crippen LogP contribution in [-0.4, -0.2) is 4.99 Å². The van der Waals surface area contributed by atoms with Gasteiger partial charge in [0.2, 0.25) is 0 Å². The summed E-state index contributed by atoms with van der Waals surface area (Å²) in [5.74, 6) is 0.394. The first kappa shape index (κ1) is 13.5. The number of hydrogen-bond acceptors (Lipinski definition) is 2. The molecule has 0 aliphatic heterocycles. The zero-order valence-electron chi connectivity index (χ0n) is 10.5. The fourth-order valence-electron chi connectivity index (χ4n) is 1.70. The summed E-state index contributed by atoms with van der Waals surface area (Å²) in [6.07, 6.45) is 0. The zero-order chi connectivity index (χ0) is 13.8. The Hall–Kier alpha value is -1.94. The first-order valence-corrected chi connectivity index (χ1v) is 6.25. The van der Waals surface area contributed by atoms with E-state index in [1.54, 1.807) is 6.07 Å². The van der Waals surface area contributed by atoms with Gasteiger partial charge in [-0.3, -0.25) is 0 Å².